The molecule has 24 heavy (non-hydrogen) atoms. The van der Waals surface area contributed by atoms with E-state index >= 15 is 0 Å². The minimum absolute atomic E-state index is 0.0529. The number of nitrogens with one attached hydrogen (secondary N) is 1. The van der Waals surface area contributed by atoms with E-state index < -0.39 is 0 Å². The van der Waals surface area contributed by atoms with Crippen molar-refractivity contribution in [3.8, 4) is 0 Å². The highest BCUT2D eigenvalue weighted by Gasteiger charge is 2.31. The molecule has 2 aromatic carbocycles. The van der Waals surface area contributed by atoms with E-state index in [4.69, 9.17) is 28.9 Å². The Morgan fingerprint density at radius 3 is 2.54 bits per heavy atom. The van der Waals surface area contributed by atoms with E-state index in [1.165, 1.54) is 12.1 Å². The molecule has 0 aliphatic carbocycles. The quantitative estimate of drug-likeness (QED) is 0.814. The van der Waals surface area contributed by atoms with Crippen LogP contribution in [0.1, 0.15) is 30.5 Å². The molecule has 2 aromatic rings. The van der Waals surface area contributed by atoms with Gasteiger partial charge in [0.15, 0.2) is 5.11 Å². The molecule has 0 spiro atoms. The highest BCUT2D eigenvalue weighted by atomic mass is 35.5. The number of rotatable bonds is 3. The van der Waals surface area contributed by atoms with E-state index in [0.717, 1.165) is 23.4 Å². The Hall–Kier alpha value is -1.98. The van der Waals surface area contributed by atoms with Gasteiger partial charge >= 0.3 is 0 Å². The molecule has 0 radical (unpaired) electrons. The predicted molar refractivity (Wildman–Crippen MR) is 99.9 cm³/mol. The lowest BCUT2D eigenvalue weighted by molar-refractivity contribution is 0.364. The summed E-state index contributed by atoms with van der Waals surface area (Å²) in [6.07, 6.45) is 0.693. The van der Waals surface area contributed by atoms with Crippen LogP contribution in [0.3, 0.4) is 0 Å². The van der Waals surface area contributed by atoms with Gasteiger partial charge in [0.25, 0.3) is 0 Å². The number of thiocarbonyl (C=S) groups is 1. The summed E-state index contributed by atoms with van der Waals surface area (Å²) in [5.41, 5.74) is 2.92. The summed E-state index contributed by atoms with van der Waals surface area (Å²) in [4.78, 5) is 0. The van der Waals surface area contributed by atoms with Gasteiger partial charge in [-0.05, 0) is 54.5 Å². The van der Waals surface area contributed by atoms with Gasteiger partial charge in [-0.15, -0.1) is 0 Å². The monoisotopic (exact) mass is 361 g/mol. The maximum Gasteiger partial charge on any atom is 0.190 e. The van der Waals surface area contributed by atoms with Crippen LogP contribution in [0.4, 0.5) is 4.39 Å². The molecule has 1 N–H and O–H groups in total. The minimum Gasteiger partial charge on any atom is -0.361 e. The molecular formula is C18H17ClFN3S. The number of nitrogens with zero attached hydrogens (tertiary/aromatic N) is 2. The Morgan fingerprint density at radius 1 is 1.25 bits per heavy atom. The average molecular weight is 362 g/mol. The topological polar surface area (TPSA) is 27.6 Å². The lowest BCUT2D eigenvalue weighted by Gasteiger charge is -2.24. The first-order valence-corrected chi connectivity index (χ1v) is 8.53. The van der Waals surface area contributed by atoms with Gasteiger partial charge in [0, 0.05) is 18.0 Å². The van der Waals surface area contributed by atoms with Crippen molar-refractivity contribution in [1.29, 1.82) is 0 Å². The fraction of sp³-hybridized carbons (Fsp3) is 0.222. The van der Waals surface area contributed by atoms with E-state index in [1.54, 1.807) is 17.1 Å². The highest BCUT2D eigenvalue weighted by molar-refractivity contribution is 7.80. The molecule has 124 valence electrons. The fourth-order valence-corrected chi connectivity index (χ4v) is 3.13. The normalized spacial score (nSPS) is 16.9. The lowest BCUT2D eigenvalue weighted by Crippen LogP contribution is -2.36. The molecule has 3 nitrogen and oxygen atoms in total. The van der Waals surface area contributed by atoms with Crippen molar-refractivity contribution in [1.82, 2.24) is 10.3 Å². The average Bonchev–Trinajstić information content (AvgIpc) is 3.02. The van der Waals surface area contributed by atoms with E-state index in [-0.39, 0.29) is 11.9 Å². The molecule has 0 amide bonds. The second-order valence-corrected chi connectivity index (χ2v) is 6.33. The molecule has 3 rings (SSSR count). The van der Waals surface area contributed by atoms with Gasteiger partial charge in [-0.2, -0.15) is 5.10 Å². The molecule has 0 aromatic heterocycles. The molecule has 1 aliphatic heterocycles. The highest BCUT2D eigenvalue weighted by Crippen LogP contribution is 2.33. The van der Waals surface area contributed by atoms with Crippen LogP contribution in [-0.2, 0) is 0 Å². The number of halogens is 2. The largest absolute Gasteiger partial charge is 0.361 e. The van der Waals surface area contributed by atoms with Crippen LogP contribution >= 0.6 is 23.8 Å². The molecule has 0 saturated carbocycles. The van der Waals surface area contributed by atoms with Crippen LogP contribution < -0.4 is 5.32 Å². The standard InChI is InChI=1S/C18H17ClFN3S/c1-2-21-18(24)23-17(13-5-9-15(20)10-6-13)11-16(22-23)12-3-7-14(19)8-4-12/h3-10,17H,2,11H2,1H3,(H,21,24). The van der Waals surface area contributed by atoms with Gasteiger partial charge < -0.3 is 5.32 Å². The molecule has 0 bridgehead atoms. The van der Waals surface area contributed by atoms with E-state index in [9.17, 15) is 4.39 Å². The third kappa shape index (κ3) is 3.57. The van der Waals surface area contributed by atoms with Crippen LogP contribution in [0.15, 0.2) is 53.6 Å². The van der Waals surface area contributed by atoms with E-state index in [2.05, 4.69) is 5.32 Å². The lowest BCUT2D eigenvalue weighted by atomic mass is 9.98. The maximum atomic E-state index is 13.2. The van der Waals surface area contributed by atoms with Crippen LogP contribution in [0, 0.1) is 5.82 Å². The van der Waals surface area contributed by atoms with Gasteiger partial charge in [0.2, 0.25) is 0 Å². The van der Waals surface area contributed by atoms with Crippen molar-refractivity contribution >= 4 is 34.6 Å². The Bertz CT molecular complexity index is 759. The molecule has 1 unspecified atom stereocenters. The third-order valence-corrected chi connectivity index (χ3v) is 4.46. The smallest absolute Gasteiger partial charge is 0.190 e. The van der Waals surface area contributed by atoms with Crippen LogP contribution in [0.5, 0.6) is 0 Å². The second kappa shape index (κ2) is 7.28. The maximum absolute atomic E-state index is 13.2. The predicted octanol–water partition coefficient (Wildman–Crippen LogP) is 4.52. The summed E-state index contributed by atoms with van der Waals surface area (Å²) in [5, 5.41) is 10.9. The summed E-state index contributed by atoms with van der Waals surface area (Å²) in [5.74, 6) is -0.253. The zero-order chi connectivity index (χ0) is 17.1. The van der Waals surface area contributed by atoms with Crippen molar-refractivity contribution in [3.05, 3.63) is 70.5 Å². The fourth-order valence-electron chi connectivity index (χ4n) is 2.69. The number of hydrogen-bond donors (Lipinski definition) is 1. The summed E-state index contributed by atoms with van der Waals surface area (Å²) >= 11 is 11.4. The Kier molecular flexibility index (Phi) is 5.11. The molecule has 1 aliphatic rings. The van der Waals surface area contributed by atoms with Gasteiger partial charge in [-0.25, -0.2) is 9.40 Å². The van der Waals surface area contributed by atoms with Crippen molar-refractivity contribution < 1.29 is 4.39 Å². The first kappa shape index (κ1) is 16.9. The van der Waals surface area contributed by atoms with Gasteiger partial charge in [0.05, 0.1) is 11.8 Å². The van der Waals surface area contributed by atoms with Crippen LogP contribution in [0.2, 0.25) is 5.02 Å². The molecule has 0 saturated heterocycles. The molecule has 1 heterocycles. The SMILES string of the molecule is CCNC(=S)N1N=C(c2ccc(Cl)cc2)CC1c1ccc(F)cc1. The third-order valence-electron chi connectivity index (χ3n) is 3.88. The molecule has 0 fully saturated rings. The zero-order valence-corrected chi connectivity index (χ0v) is 14.7. The minimum atomic E-state index is -0.253. The Morgan fingerprint density at radius 2 is 1.92 bits per heavy atom. The van der Waals surface area contributed by atoms with Gasteiger partial charge in [0.1, 0.15) is 5.82 Å². The first-order chi connectivity index (χ1) is 11.6. The Balaban J connectivity index is 1.92. The van der Waals surface area contributed by atoms with E-state index in [0.29, 0.717) is 16.6 Å². The number of hydrogen-bond acceptors (Lipinski definition) is 2. The number of hydrazone groups is 1. The first-order valence-electron chi connectivity index (χ1n) is 7.74. The van der Waals surface area contributed by atoms with Gasteiger partial charge in [-0.1, -0.05) is 35.9 Å². The summed E-state index contributed by atoms with van der Waals surface area (Å²) in [7, 11) is 0. The summed E-state index contributed by atoms with van der Waals surface area (Å²) in [6.45, 7) is 2.70. The Labute approximate surface area is 151 Å². The number of benzene rings is 2. The zero-order valence-electron chi connectivity index (χ0n) is 13.2. The molecular weight excluding hydrogens is 345 g/mol. The van der Waals surface area contributed by atoms with Crippen molar-refractivity contribution in [2.24, 2.45) is 5.10 Å². The molecule has 6 heteroatoms. The second-order valence-electron chi connectivity index (χ2n) is 5.51. The molecule has 1 atom stereocenters. The van der Waals surface area contributed by atoms with E-state index in [1.807, 2.05) is 31.2 Å². The van der Waals surface area contributed by atoms with Crippen LogP contribution in [0.25, 0.3) is 0 Å². The van der Waals surface area contributed by atoms with Crippen molar-refractivity contribution in [2.75, 3.05) is 6.54 Å². The van der Waals surface area contributed by atoms with Crippen LogP contribution in [-0.4, -0.2) is 22.4 Å². The van der Waals surface area contributed by atoms with Crippen molar-refractivity contribution in [3.63, 3.8) is 0 Å². The van der Waals surface area contributed by atoms with Crippen molar-refractivity contribution in [2.45, 2.75) is 19.4 Å². The summed E-state index contributed by atoms with van der Waals surface area (Å²) < 4.78 is 13.2. The summed E-state index contributed by atoms with van der Waals surface area (Å²) in [6, 6.07) is 14.0. The van der Waals surface area contributed by atoms with Gasteiger partial charge in [-0.3, -0.25) is 0 Å².